The summed E-state index contributed by atoms with van der Waals surface area (Å²) in [6.45, 7) is 3.72. The molecule has 30 heavy (non-hydrogen) atoms. The molecule has 0 bridgehead atoms. The van der Waals surface area contributed by atoms with Gasteiger partial charge in [-0.1, -0.05) is 30.3 Å². The van der Waals surface area contributed by atoms with Gasteiger partial charge in [-0.2, -0.15) is 0 Å². The molecule has 0 aromatic heterocycles. The Balaban J connectivity index is 1.65. The molecule has 3 rings (SSSR count). The number of amides is 1. The highest BCUT2D eigenvalue weighted by molar-refractivity contribution is 5.78. The summed E-state index contributed by atoms with van der Waals surface area (Å²) in [5, 5.41) is 3.04. The maximum Gasteiger partial charge on any atom is 0.234 e. The fourth-order valence-corrected chi connectivity index (χ4v) is 3.70. The average molecular weight is 413 g/mol. The summed E-state index contributed by atoms with van der Waals surface area (Å²) in [7, 11) is 4.78. The van der Waals surface area contributed by atoms with E-state index in [1.54, 1.807) is 27.4 Å². The smallest absolute Gasteiger partial charge is 0.234 e. The molecule has 1 aliphatic carbocycles. The maximum absolute atomic E-state index is 12.8. The molecule has 0 spiro atoms. The van der Waals surface area contributed by atoms with Crippen LogP contribution >= 0.6 is 0 Å². The SMILES string of the molecule is COc1cc(OC)c(OC)cc1CNC(=O)CN(Cc1ccccc1)C(C)C1CC1. The number of hydrogen-bond donors (Lipinski definition) is 1. The quantitative estimate of drug-likeness (QED) is 0.611. The van der Waals surface area contributed by atoms with Crippen molar-refractivity contribution in [1.29, 1.82) is 0 Å². The van der Waals surface area contributed by atoms with Crippen molar-refractivity contribution < 1.29 is 19.0 Å². The number of ether oxygens (including phenoxy) is 3. The summed E-state index contributed by atoms with van der Waals surface area (Å²) in [5.41, 5.74) is 2.06. The minimum absolute atomic E-state index is 0.00438. The zero-order valence-electron chi connectivity index (χ0n) is 18.3. The normalized spacial score (nSPS) is 14.3. The fraction of sp³-hybridized carbons (Fsp3) is 0.458. The Morgan fingerprint density at radius 1 is 1.03 bits per heavy atom. The first kappa shape index (κ1) is 22.0. The predicted octanol–water partition coefficient (Wildman–Crippen LogP) is 3.63. The summed E-state index contributed by atoms with van der Waals surface area (Å²) in [5.74, 6) is 2.54. The number of nitrogens with zero attached hydrogens (tertiary/aromatic N) is 1. The number of carbonyl (C=O) groups excluding carboxylic acids is 1. The third-order valence-corrected chi connectivity index (χ3v) is 5.72. The van der Waals surface area contributed by atoms with Crippen LogP contribution in [0.25, 0.3) is 0 Å². The van der Waals surface area contributed by atoms with Crippen LogP contribution in [0.3, 0.4) is 0 Å². The lowest BCUT2D eigenvalue weighted by Crippen LogP contribution is -2.42. The van der Waals surface area contributed by atoms with Crippen molar-refractivity contribution in [1.82, 2.24) is 10.2 Å². The van der Waals surface area contributed by atoms with Gasteiger partial charge in [-0.05, 0) is 37.3 Å². The van der Waals surface area contributed by atoms with Crippen molar-refractivity contribution >= 4 is 5.91 Å². The van der Waals surface area contributed by atoms with E-state index in [-0.39, 0.29) is 5.91 Å². The number of methoxy groups -OCH3 is 3. The summed E-state index contributed by atoms with van der Waals surface area (Å²) < 4.78 is 16.2. The summed E-state index contributed by atoms with van der Waals surface area (Å²) >= 11 is 0. The van der Waals surface area contributed by atoms with E-state index < -0.39 is 0 Å². The zero-order chi connectivity index (χ0) is 21.5. The highest BCUT2D eigenvalue weighted by Crippen LogP contribution is 2.36. The highest BCUT2D eigenvalue weighted by Gasteiger charge is 2.32. The Hall–Kier alpha value is -2.73. The molecule has 6 nitrogen and oxygen atoms in total. The average Bonchev–Trinajstić information content (AvgIpc) is 3.62. The second-order valence-electron chi connectivity index (χ2n) is 7.76. The van der Waals surface area contributed by atoms with Crippen LogP contribution in [0.4, 0.5) is 0 Å². The lowest BCUT2D eigenvalue weighted by molar-refractivity contribution is -0.123. The lowest BCUT2D eigenvalue weighted by Gasteiger charge is -2.29. The Bertz CT molecular complexity index is 837. The van der Waals surface area contributed by atoms with Crippen molar-refractivity contribution in [3.63, 3.8) is 0 Å². The van der Waals surface area contributed by atoms with Gasteiger partial charge in [0.15, 0.2) is 11.5 Å². The van der Waals surface area contributed by atoms with Gasteiger partial charge in [0.05, 0.1) is 27.9 Å². The molecule has 1 N–H and O–H groups in total. The van der Waals surface area contributed by atoms with Gasteiger partial charge in [-0.15, -0.1) is 0 Å². The minimum Gasteiger partial charge on any atom is -0.496 e. The van der Waals surface area contributed by atoms with Crippen LogP contribution in [0.1, 0.15) is 30.9 Å². The third-order valence-electron chi connectivity index (χ3n) is 5.72. The van der Waals surface area contributed by atoms with Crippen molar-refractivity contribution in [3.8, 4) is 17.2 Å². The summed E-state index contributed by atoms with van der Waals surface area (Å²) in [6.07, 6.45) is 2.49. The molecule has 1 fully saturated rings. The second kappa shape index (κ2) is 10.3. The molecular formula is C24H32N2O4. The second-order valence-corrected chi connectivity index (χ2v) is 7.76. The Kier molecular flexibility index (Phi) is 7.57. The molecule has 2 aromatic rings. The molecule has 0 heterocycles. The van der Waals surface area contributed by atoms with Gasteiger partial charge in [-0.25, -0.2) is 0 Å². The van der Waals surface area contributed by atoms with Gasteiger partial charge >= 0.3 is 0 Å². The van der Waals surface area contributed by atoms with Crippen LogP contribution in [-0.4, -0.2) is 44.7 Å². The van der Waals surface area contributed by atoms with Crippen LogP contribution in [-0.2, 0) is 17.9 Å². The molecule has 1 atom stereocenters. The number of benzene rings is 2. The highest BCUT2D eigenvalue weighted by atomic mass is 16.5. The summed E-state index contributed by atoms with van der Waals surface area (Å²) in [4.78, 5) is 15.1. The fourth-order valence-electron chi connectivity index (χ4n) is 3.70. The van der Waals surface area contributed by atoms with Gasteiger partial charge < -0.3 is 19.5 Å². The zero-order valence-corrected chi connectivity index (χ0v) is 18.3. The van der Waals surface area contributed by atoms with Gasteiger partial charge in [0.2, 0.25) is 5.91 Å². The molecule has 162 valence electrons. The number of rotatable bonds is 11. The Labute approximate surface area is 179 Å². The lowest BCUT2D eigenvalue weighted by atomic mass is 10.1. The van der Waals surface area contributed by atoms with Crippen LogP contribution in [0, 0.1) is 5.92 Å². The van der Waals surface area contributed by atoms with E-state index in [9.17, 15) is 4.79 Å². The molecule has 1 unspecified atom stereocenters. The van der Waals surface area contributed by atoms with Gasteiger partial charge in [0.25, 0.3) is 0 Å². The van der Waals surface area contributed by atoms with E-state index in [2.05, 4.69) is 29.3 Å². The van der Waals surface area contributed by atoms with Crippen LogP contribution in [0.15, 0.2) is 42.5 Å². The van der Waals surface area contributed by atoms with Crippen LogP contribution < -0.4 is 19.5 Å². The largest absolute Gasteiger partial charge is 0.496 e. The standard InChI is InChI=1S/C24H32N2O4/c1-17(19-10-11-19)26(15-18-8-6-5-7-9-18)16-24(27)25-14-20-12-22(29-3)23(30-4)13-21(20)28-2/h5-9,12-13,17,19H,10-11,14-16H2,1-4H3,(H,25,27). The molecule has 0 radical (unpaired) electrons. The molecule has 1 aliphatic rings. The predicted molar refractivity (Wildman–Crippen MR) is 117 cm³/mol. The molecule has 1 amide bonds. The van der Waals surface area contributed by atoms with Crippen LogP contribution in [0.2, 0.25) is 0 Å². The monoisotopic (exact) mass is 412 g/mol. The molecule has 0 aliphatic heterocycles. The van der Waals surface area contributed by atoms with Crippen molar-refractivity contribution in [3.05, 3.63) is 53.6 Å². The van der Waals surface area contributed by atoms with Gasteiger partial charge in [-0.3, -0.25) is 9.69 Å². The molecule has 0 saturated heterocycles. The molecule has 2 aromatic carbocycles. The Morgan fingerprint density at radius 3 is 2.27 bits per heavy atom. The van der Waals surface area contributed by atoms with Crippen LogP contribution in [0.5, 0.6) is 17.2 Å². The number of hydrogen-bond acceptors (Lipinski definition) is 5. The van der Waals surface area contributed by atoms with E-state index in [4.69, 9.17) is 14.2 Å². The van der Waals surface area contributed by atoms with E-state index in [0.717, 1.165) is 12.1 Å². The van der Waals surface area contributed by atoms with Gasteiger partial charge in [0.1, 0.15) is 5.75 Å². The first-order chi connectivity index (χ1) is 14.5. The molecular weight excluding hydrogens is 380 g/mol. The van der Waals surface area contributed by atoms with Gasteiger partial charge in [0, 0.05) is 30.8 Å². The van der Waals surface area contributed by atoms with E-state index in [1.165, 1.54) is 18.4 Å². The van der Waals surface area contributed by atoms with E-state index >= 15 is 0 Å². The molecule has 1 saturated carbocycles. The van der Waals surface area contributed by atoms with E-state index in [1.807, 2.05) is 24.3 Å². The van der Waals surface area contributed by atoms with Crippen molar-refractivity contribution in [2.75, 3.05) is 27.9 Å². The number of carbonyl (C=O) groups is 1. The topological polar surface area (TPSA) is 60.0 Å². The summed E-state index contributed by atoms with van der Waals surface area (Å²) in [6, 6.07) is 14.3. The van der Waals surface area contributed by atoms with E-state index in [0.29, 0.717) is 42.3 Å². The molecule has 6 heteroatoms. The van der Waals surface area contributed by atoms with Crippen molar-refractivity contribution in [2.45, 2.75) is 38.9 Å². The van der Waals surface area contributed by atoms with Crippen molar-refractivity contribution in [2.24, 2.45) is 5.92 Å². The maximum atomic E-state index is 12.8. The third kappa shape index (κ3) is 5.66. The Morgan fingerprint density at radius 2 is 1.67 bits per heavy atom. The number of nitrogens with one attached hydrogen (secondary N) is 1. The minimum atomic E-state index is -0.00438. The first-order valence-corrected chi connectivity index (χ1v) is 10.4. The first-order valence-electron chi connectivity index (χ1n) is 10.4.